The minimum absolute atomic E-state index is 0.0193. The number of methoxy groups -OCH3 is 1. The first-order chi connectivity index (χ1) is 19.8. The van der Waals surface area contributed by atoms with Crippen LogP contribution in [0.15, 0.2) is 77.7 Å². The van der Waals surface area contributed by atoms with Crippen molar-refractivity contribution >= 4 is 15.7 Å². The van der Waals surface area contributed by atoms with Crippen molar-refractivity contribution in [3.63, 3.8) is 0 Å². The monoisotopic (exact) mass is 576 g/mol. The predicted molar refractivity (Wildman–Crippen MR) is 157 cm³/mol. The lowest BCUT2D eigenvalue weighted by atomic mass is 9.95. The SMILES string of the molecule is C#Cc1ccc(-c2cccc(CCCOc3ccc(S(=O)(=O)C4(C(=O)NO)CCN(CCOC)CC4)cc3)c2)cc1. The number of carbonyl (C=O) groups is 1. The third-order valence-electron chi connectivity index (χ3n) is 7.63. The van der Waals surface area contributed by atoms with Gasteiger partial charge in [0.1, 0.15) is 5.75 Å². The van der Waals surface area contributed by atoms with E-state index in [1.807, 2.05) is 35.2 Å². The van der Waals surface area contributed by atoms with E-state index >= 15 is 0 Å². The molecule has 0 spiro atoms. The van der Waals surface area contributed by atoms with Gasteiger partial charge in [-0.1, -0.05) is 42.3 Å². The zero-order chi connectivity index (χ0) is 29.3. The molecular weight excluding hydrogens is 540 g/mol. The Bertz CT molecular complexity index is 1460. The lowest BCUT2D eigenvalue weighted by Crippen LogP contribution is -2.57. The van der Waals surface area contributed by atoms with Crippen molar-refractivity contribution in [2.24, 2.45) is 0 Å². The number of ether oxygens (including phenoxy) is 2. The normalized spacial score (nSPS) is 15.1. The predicted octanol–water partition coefficient (Wildman–Crippen LogP) is 4.11. The topological polar surface area (TPSA) is 105 Å². The Morgan fingerprint density at radius 2 is 1.73 bits per heavy atom. The van der Waals surface area contributed by atoms with Crippen molar-refractivity contribution in [2.75, 3.05) is 40.0 Å². The maximum absolute atomic E-state index is 13.7. The largest absolute Gasteiger partial charge is 0.494 e. The van der Waals surface area contributed by atoms with Crippen LogP contribution in [0.2, 0.25) is 0 Å². The Balaban J connectivity index is 1.35. The molecule has 216 valence electrons. The van der Waals surface area contributed by atoms with Crippen molar-refractivity contribution < 1.29 is 27.9 Å². The van der Waals surface area contributed by atoms with Gasteiger partial charge in [0.25, 0.3) is 5.91 Å². The van der Waals surface area contributed by atoms with E-state index in [-0.39, 0.29) is 17.7 Å². The minimum atomic E-state index is -4.08. The van der Waals surface area contributed by atoms with E-state index in [0.717, 1.165) is 29.5 Å². The summed E-state index contributed by atoms with van der Waals surface area (Å²) in [5.41, 5.74) is 5.86. The summed E-state index contributed by atoms with van der Waals surface area (Å²) in [6.07, 6.45) is 7.19. The van der Waals surface area contributed by atoms with Crippen LogP contribution in [0, 0.1) is 12.3 Å². The van der Waals surface area contributed by atoms with E-state index < -0.39 is 20.5 Å². The summed E-state index contributed by atoms with van der Waals surface area (Å²) >= 11 is 0. The molecule has 8 nitrogen and oxygen atoms in total. The number of carbonyl (C=O) groups excluding carboxylic acids is 1. The standard InChI is InChI=1S/C32H36N2O6S/c1-3-25-9-11-27(12-10-25)28-8-4-6-26(24-28)7-5-22-40-29-13-15-30(16-14-29)41(37,38)32(31(35)33-36)17-19-34(20-18-32)21-23-39-2/h1,4,6,8-16,24,36H,5,7,17-23H2,2H3,(H,33,35). The quantitative estimate of drug-likeness (QED) is 0.145. The number of rotatable bonds is 12. The molecule has 3 aromatic rings. The van der Waals surface area contributed by atoms with Crippen LogP contribution in [0.5, 0.6) is 5.75 Å². The lowest BCUT2D eigenvalue weighted by molar-refractivity contribution is -0.133. The average molecular weight is 577 g/mol. The highest BCUT2D eigenvalue weighted by atomic mass is 32.2. The molecule has 1 aliphatic rings. The molecule has 0 radical (unpaired) electrons. The lowest BCUT2D eigenvalue weighted by Gasteiger charge is -2.39. The third-order valence-corrected chi connectivity index (χ3v) is 10.1. The fourth-order valence-corrected chi connectivity index (χ4v) is 7.11. The molecule has 1 amide bonds. The number of aryl methyl sites for hydroxylation is 1. The molecule has 4 rings (SSSR count). The second-order valence-corrected chi connectivity index (χ2v) is 12.4. The highest BCUT2D eigenvalue weighted by molar-refractivity contribution is 7.93. The summed E-state index contributed by atoms with van der Waals surface area (Å²) < 4.78 is 36.5. The van der Waals surface area contributed by atoms with Gasteiger partial charge < -0.3 is 14.4 Å². The van der Waals surface area contributed by atoms with Crippen LogP contribution in [0.1, 0.15) is 30.4 Å². The molecule has 9 heteroatoms. The Kier molecular flexibility index (Phi) is 10.2. The number of nitrogens with one attached hydrogen (secondary N) is 1. The summed E-state index contributed by atoms with van der Waals surface area (Å²) in [4.78, 5) is 14.8. The zero-order valence-corrected chi connectivity index (χ0v) is 24.0. The molecule has 3 aromatic carbocycles. The number of hydroxylamine groups is 1. The Morgan fingerprint density at radius 1 is 1.02 bits per heavy atom. The van der Waals surface area contributed by atoms with Gasteiger partial charge in [-0.05, 0) is 78.8 Å². The van der Waals surface area contributed by atoms with Crippen molar-refractivity contribution in [3.8, 4) is 29.2 Å². The number of benzene rings is 3. The molecule has 0 bridgehead atoms. The number of hydrogen-bond donors (Lipinski definition) is 2. The summed E-state index contributed by atoms with van der Waals surface area (Å²) in [5.74, 6) is 2.27. The van der Waals surface area contributed by atoms with Crippen molar-refractivity contribution in [1.29, 1.82) is 0 Å². The van der Waals surface area contributed by atoms with Crippen LogP contribution in [-0.2, 0) is 25.8 Å². The molecule has 41 heavy (non-hydrogen) atoms. The zero-order valence-electron chi connectivity index (χ0n) is 23.2. The van der Waals surface area contributed by atoms with E-state index in [1.165, 1.54) is 17.7 Å². The van der Waals surface area contributed by atoms with E-state index in [2.05, 4.69) is 24.1 Å². The van der Waals surface area contributed by atoms with Crippen molar-refractivity contribution in [3.05, 3.63) is 83.9 Å². The summed E-state index contributed by atoms with van der Waals surface area (Å²) in [5, 5.41) is 9.39. The van der Waals surface area contributed by atoms with Crippen LogP contribution in [0.25, 0.3) is 11.1 Å². The molecule has 0 aliphatic carbocycles. The molecule has 1 aliphatic heterocycles. The molecule has 0 unspecified atom stereocenters. The maximum atomic E-state index is 13.7. The highest BCUT2D eigenvalue weighted by Crippen LogP contribution is 2.36. The molecule has 0 atom stereocenters. The van der Waals surface area contributed by atoms with Gasteiger partial charge in [-0.2, -0.15) is 0 Å². The average Bonchev–Trinajstić information content (AvgIpc) is 3.02. The van der Waals surface area contributed by atoms with Crippen LogP contribution in [0.3, 0.4) is 0 Å². The fourth-order valence-electron chi connectivity index (χ4n) is 5.15. The second-order valence-electron chi connectivity index (χ2n) is 10.1. The molecular formula is C32H36N2O6S. The van der Waals surface area contributed by atoms with Crippen molar-refractivity contribution in [2.45, 2.75) is 35.3 Å². The van der Waals surface area contributed by atoms with E-state index in [9.17, 15) is 18.4 Å². The van der Waals surface area contributed by atoms with Crippen LogP contribution in [0.4, 0.5) is 0 Å². The van der Waals surface area contributed by atoms with E-state index in [1.54, 1.807) is 24.7 Å². The first kappa shape index (κ1) is 30.3. The molecule has 0 aromatic heterocycles. The van der Waals surface area contributed by atoms with Gasteiger partial charge in [-0.3, -0.25) is 10.0 Å². The van der Waals surface area contributed by atoms with Gasteiger partial charge >= 0.3 is 0 Å². The number of amides is 1. The summed E-state index contributed by atoms with van der Waals surface area (Å²) in [7, 11) is -2.48. The Labute approximate surface area is 242 Å². The van der Waals surface area contributed by atoms with Crippen molar-refractivity contribution in [1.82, 2.24) is 10.4 Å². The second kappa shape index (κ2) is 13.8. The molecule has 0 saturated carbocycles. The Hall–Kier alpha value is -3.68. The van der Waals surface area contributed by atoms with Crippen LogP contribution >= 0.6 is 0 Å². The molecule has 2 N–H and O–H groups in total. The summed E-state index contributed by atoms with van der Waals surface area (Å²) in [6.45, 7) is 2.42. The molecule has 1 fully saturated rings. The number of terminal acetylenes is 1. The Morgan fingerprint density at radius 3 is 2.37 bits per heavy atom. The number of nitrogens with zero attached hydrogens (tertiary/aromatic N) is 1. The van der Waals surface area contributed by atoms with E-state index in [4.69, 9.17) is 15.9 Å². The number of likely N-dealkylation sites (tertiary alicyclic amines) is 1. The minimum Gasteiger partial charge on any atom is -0.494 e. The van der Waals surface area contributed by atoms with Crippen LogP contribution < -0.4 is 10.2 Å². The smallest absolute Gasteiger partial charge is 0.265 e. The van der Waals surface area contributed by atoms with Gasteiger partial charge in [0.2, 0.25) is 0 Å². The molecule has 1 heterocycles. The fraction of sp³-hybridized carbons (Fsp3) is 0.344. The molecule has 1 saturated heterocycles. The maximum Gasteiger partial charge on any atom is 0.265 e. The highest BCUT2D eigenvalue weighted by Gasteiger charge is 2.52. The van der Waals surface area contributed by atoms with Gasteiger partial charge in [0.05, 0.1) is 18.1 Å². The van der Waals surface area contributed by atoms with Crippen LogP contribution in [-0.4, -0.2) is 69.1 Å². The van der Waals surface area contributed by atoms with E-state index in [0.29, 0.717) is 38.6 Å². The number of hydrogen-bond acceptors (Lipinski definition) is 7. The number of piperidine rings is 1. The van der Waals surface area contributed by atoms with Gasteiger partial charge in [0.15, 0.2) is 14.6 Å². The van der Waals surface area contributed by atoms with Gasteiger partial charge in [0, 0.05) is 32.3 Å². The third kappa shape index (κ3) is 6.97. The van der Waals surface area contributed by atoms with Gasteiger partial charge in [-0.15, -0.1) is 6.42 Å². The first-order valence-electron chi connectivity index (χ1n) is 13.6. The van der Waals surface area contributed by atoms with Gasteiger partial charge in [-0.25, -0.2) is 13.9 Å². The first-order valence-corrected chi connectivity index (χ1v) is 15.1. The summed E-state index contributed by atoms with van der Waals surface area (Å²) in [6, 6.07) is 22.4. The number of sulfone groups is 1.